The van der Waals surface area contributed by atoms with E-state index in [1.807, 2.05) is 0 Å². The van der Waals surface area contributed by atoms with Crippen molar-refractivity contribution < 1.29 is 9.47 Å². The van der Waals surface area contributed by atoms with Crippen LogP contribution in [0, 0.1) is 0 Å². The summed E-state index contributed by atoms with van der Waals surface area (Å²) in [5.74, 6) is 0. The lowest BCUT2D eigenvalue weighted by atomic mass is 10.2. The first-order chi connectivity index (χ1) is 6.86. The van der Waals surface area contributed by atoms with Gasteiger partial charge in [0, 0.05) is 0 Å². The van der Waals surface area contributed by atoms with E-state index in [2.05, 4.69) is 13.8 Å². The standard InChI is InChI=1S/2C6H12O/c2*1-2-3-4-6-5-7-6/h2*6H,2-5H2,1H3/t6-;/m1./s1. The van der Waals surface area contributed by atoms with Crippen molar-refractivity contribution in [2.45, 2.75) is 64.6 Å². The van der Waals surface area contributed by atoms with Crippen LogP contribution in [0.25, 0.3) is 0 Å². The van der Waals surface area contributed by atoms with Crippen molar-refractivity contribution in [2.24, 2.45) is 0 Å². The number of epoxide rings is 2. The molecule has 2 heteroatoms. The Morgan fingerprint density at radius 3 is 1.43 bits per heavy atom. The van der Waals surface area contributed by atoms with Gasteiger partial charge in [-0.25, -0.2) is 0 Å². The fourth-order valence-corrected chi connectivity index (χ4v) is 1.33. The number of ether oxygens (including phenoxy) is 2. The highest BCUT2D eigenvalue weighted by Crippen LogP contribution is 2.16. The predicted octanol–water partition coefficient (Wildman–Crippen LogP) is 3.15. The maximum atomic E-state index is 5.01. The van der Waals surface area contributed by atoms with Gasteiger partial charge in [-0.2, -0.15) is 0 Å². The van der Waals surface area contributed by atoms with E-state index in [0.29, 0.717) is 12.2 Å². The molecule has 1 unspecified atom stereocenters. The van der Waals surface area contributed by atoms with Crippen LogP contribution in [-0.4, -0.2) is 25.4 Å². The van der Waals surface area contributed by atoms with Crippen LogP contribution in [0.3, 0.4) is 0 Å². The Morgan fingerprint density at radius 1 is 0.857 bits per heavy atom. The molecule has 14 heavy (non-hydrogen) atoms. The van der Waals surface area contributed by atoms with Crippen molar-refractivity contribution in [1.29, 1.82) is 0 Å². The molecule has 2 heterocycles. The van der Waals surface area contributed by atoms with Gasteiger partial charge in [-0.15, -0.1) is 0 Å². The van der Waals surface area contributed by atoms with E-state index >= 15 is 0 Å². The van der Waals surface area contributed by atoms with Crippen LogP contribution < -0.4 is 0 Å². The van der Waals surface area contributed by atoms with Gasteiger partial charge in [-0.05, 0) is 12.8 Å². The minimum Gasteiger partial charge on any atom is -0.373 e. The summed E-state index contributed by atoms with van der Waals surface area (Å²) in [7, 11) is 0. The zero-order valence-corrected chi connectivity index (χ0v) is 9.63. The topological polar surface area (TPSA) is 25.1 Å². The molecule has 0 aliphatic carbocycles. The molecule has 0 aromatic rings. The Balaban J connectivity index is 0.000000140. The number of rotatable bonds is 6. The Kier molecular flexibility index (Phi) is 6.20. The second-order valence-corrected chi connectivity index (χ2v) is 4.20. The average molecular weight is 200 g/mol. The van der Waals surface area contributed by atoms with Gasteiger partial charge in [-0.1, -0.05) is 39.5 Å². The molecule has 0 saturated carbocycles. The maximum Gasteiger partial charge on any atom is 0.0810 e. The summed E-state index contributed by atoms with van der Waals surface area (Å²) in [4.78, 5) is 0. The third-order valence-electron chi connectivity index (χ3n) is 2.56. The molecular weight excluding hydrogens is 176 g/mol. The van der Waals surface area contributed by atoms with Crippen molar-refractivity contribution in [3.8, 4) is 0 Å². The monoisotopic (exact) mass is 200 g/mol. The highest BCUT2D eigenvalue weighted by Gasteiger charge is 2.20. The molecule has 2 fully saturated rings. The molecule has 0 aromatic carbocycles. The third-order valence-corrected chi connectivity index (χ3v) is 2.56. The highest BCUT2D eigenvalue weighted by atomic mass is 16.6. The van der Waals surface area contributed by atoms with Crippen molar-refractivity contribution in [2.75, 3.05) is 13.2 Å². The summed E-state index contributed by atoms with van der Waals surface area (Å²) in [6.07, 6.45) is 9.17. The van der Waals surface area contributed by atoms with E-state index in [9.17, 15) is 0 Å². The van der Waals surface area contributed by atoms with Crippen LogP contribution in [0.2, 0.25) is 0 Å². The molecule has 2 nitrogen and oxygen atoms in total. The first-order valence-corrected chi connectivity index (χ1v) is 6.10. The Labute approximate surface area is 88.0 Å². The summed E-state index contributed by atoms with van der Waals surface area (Å²) < 4.78 is 10.0. The van der Waals surface area contributed by atoms with Crippen molar-refractivity contribution >= 4 is 0 Å². The van der Waals surface area contributed by atoms with Crippen LogP contribution in [0.15, 0.2) is 0 Å². The third kappa shape index (κ3) is 7.34. The highest BCUT2D eigenvalue weighted by molar-refractivity contribution is 4.67. The molecule has 2 atom stereocenters. The summed E-state index contributed by atoms with van der Waals surface area (Å²) in [6, 6.07) is 0. The second-order valence-electron chi connectivity index (χ2n) is 4.20. The average Bonchev–Trinajstić information content (AvgIpc) is 3.04. The molecule has 0 bridgehead atoms. The normalized spacial score (nSPS) is 27.9. The first kappa shape index (κ1) is 12.0. The molecule has 0 N–H and O–H groups in total. The van der Waals surface area contributed by atoms with Gasteiger partial charge in [-0.3, -0.25) is 0 Å². The van der Waals surface area contributed by atoms with Gasteiger partial charge >= 0.3 is 0 Å². The van der Waals surface area contributed by atoms with E-state index in [1.54, 1.807) is 0 Å². The van der Waals surface area contributed by atoms with Crippen molar-refractivity contribution in [1.82, 2.24) is 0 Å². The zero-order valence-electron chi connectivity index (χ0n) is 9.63. The Hall–Kier alpha value is -0.0800. The zero-order chi connectivity index (χ0) is 10.2. The smallest absolute Gasteiger partial charge is 0.0810 e. The van der Waals surface area contributed by atoms with Gasteiger partial charge < -0.3 is 9.47 Å². The lowest BCUT2D eigenvalue weighted by molar-refractivity contribution is 0.391. The number of hydrogen-bond acceptors (Lipinski definition) is 2. The minimum atomic E-state index is 0.653. The maximum absolute atomic E-state index is 5.01. The number of unbranched alkanes of at least 4 members (excludes halogenated alkanes) is 2. The predicted molar refractivity (Wildman–Crippen MR) is 58.5 cm³/mol. The van der Waals surface area contributed by atoms with E-state index < -0.39 is 0 Å². The molecule has 0 amide bonds. The Morgan fingerprint density at radius 2 is 1.21 bits per heavy atom. The quantitative estimate of drug-likeness (QED) is 0.615. The van der Waals surface area contributed by atoms with Crippen molar-refractivity contribution in [3.63, 3.8) is 0 Å². The van der Waals surface area contributed by atoms with Crippen LogP contribution in [-0.2, 0) is 9.47 Å². The van der Waals surface area contributed by atoms with Crippen molar-refractivity contribution in [3.05, 3.63) is 0 Å². The molecule has 84 valence electrons. The molecular formula is C12H24O2. The van der Waals surface area contributed by atoms with E-state index in [0.717, 1.165) is 13.2 Å². The van der Waals surface area contributed by atoms with Crippen LogP contribution in [0.4, 0.5) is 0 Å². The second kappa shape index (κ2) is 7.24. The summed E-state index contributed by atoms with van der Waals surface area (Å²) in [5, 5.41) is 0. The molecule has 2 aliphatic rings. The van der Waals surface area contributed by atoms with Gasteiger partial charge in [0.15, 0.2) is 0 Å². The fraction of sp³-hybridized carbons (Fsp3) is 1.00. The molecule has 2 rings (SSSR count). The van der Waals surface area contributed by atoms with Crippen LogP contribution >= 0.6 is 0 Å². The van der Waals surface area contributed by atoms with Gasteiger partial charge in [0.05, 0.1) is 25.4 Å². The van der Waals surface area contributed by atoms with Crippen LogP contribution in [0.5, 0.6) is 0 Å². The first-order valence-electron chi connectivity index (χ1n) is 6.10. The molecule has 0 spiro atoms. The summed E-state index contributed by atoms with van der Waals surface area (Å²) in [5.41, 5.74) is 0. The minimum absolute atomic E-state index is 0.653. The van der Waals surface area contributed by atoms with E-state index in [4.69, 9.17) is 9.47 Å². The van der Waals surface area contributed by atoms with Gasteiger partial charge in [0.2, 0.25) is 0 Å². The van der Waals surface area contributed by atoms with Gasteiger partial charge in [0.1, 0.15) is 0 Å². The molecule has 2 saturated heterocycles. The van der Waals surface area contributed by atoms with E-state index in [1.165, 1.54) is 38.5 Å². The number of hydrogen-bond donors (Lipinski definition) is 0. The largest absolute Gasteiger partial charge is 0.373 e. The Bertz CT molecular complexity index is 112. The summed E-state index contributed by atoms with van der Waals surface area (Å²) >= 11 is 0. The molecule has 0 radical (unpaired) electrons. The van der Waals surface area contributed by atoms with E-state index in [-0.39, 0.29) is 0 Å². The SMILES string of the molecule is CCCCC1CO1.CCCC[C@@H]1CO1. The fourth-order valence-electron chi connectivity index (χ4n) is 1.33. The summed E-state index contributed by atoms with van der Waals surface area (Å²) in [6.45, 7) is 6.48. The van der Waals surface area contributed by atoms with Crippen LogP contribution in [0.1, 0.15) is 52.4 Å². The lowest BCUT2D eigenvalue weighted by Gasteiger charge is -1.86. The van der Waals surface area contributed by atoms with Gasteiger partial charge in [0.25, 0.3) is 0 Å². The lowest BCUT2D eigenvalue weighted by Crippen LogP contribution is -1.81. The molecule has 2 aliphatic heterocycles. The molecule has 0 aromatic heterocycles.